The van der Waals surface area contributed by atoms with Crippen LogP contribution >= 0.6 is 0 Å². The number of alkyl halides is 2. The summed E-state index contributed by atoms with van der Waals surface area (Å²) in [5, 5.41) is 6.19. The van der Waals surface area contributed by atoms with Crippen LogP contribution in [0.15, 0.2) is 24.4 Å². The zero-order valence-electron chi connectivity index (χ0n) is 16.6. The summed E-state index contributed by atoms with van der Waals surface area (Å²) in [7, 11) is 1.52. The summed E-state index contributed by atoms with van der Waals surface area (Å²) >= 11 is 0. The molecule has 30 heavy (non-hydrogen) atoms. The number of rotatable bonds is 7. The van der Waals surface area contributed by atoms with Gasteiger partial charge in [-0.1, -0.05) is 6.07 Å². The Kier molecular flexibility index (Phi) is 4.77. The number of halogens is 2. The SMILES string of the molecule is COCC(=O)N1[C@@H]2CC[C@H]1c1cc(Nc3ncc(C(F)F)c(NC4CC4)n3)ccc12. The van der Waals surface area contributed by atoms with Crippen LogP contribution in [-0.4, -0.2) is 40.5 Å². The van der Waals surface area contributed by atoms with Gasteiger partial charge in [0.2, 0.25) is 11.9 Å². The molecule has 2 fully saturated rings. The van der Waals surface area contributed by atoms with Gasteiger partial charge in [-0.05, 0) is 48.9 Å². The molecule has 0 unspecified atom stereocenters. The van der Waals surface area contributed by atoms with E-state index in [0.717, 1.165) is 42.5 Å². The molecule has 1 amide bonds. The average Bonchev–Trinajstić information content (AvgIpc) is 3.35. The van der Waals surface area contributed by atoms with Gasteiger partial charge in [-0.25, -0.2) is 13.8 Å². The average molecular weight is 415 g/mol. The third-order valence-electron chi connectivity index (χ3n) is 5.97. The van der Waals surface area contributed by atoms with Crippen LogP contribution in [0, 0.1) is 0 Å². The molecular formula is C21H23F2N5O2. The summed E-state index contributed by atoms with van der Waals surface area (Å²) in [6, 6.07) is 6.28. The number of hydrogen-bond acceptors (Lipinski definition) is 6. The molecule has 7 nitrogen and oxygen atoms in total. The van der Waals surface area contributed by atoms with Crippen molar-refractivity contribution in [1.29, 1.82) is 0 Å². The maximum Gasteiger partial charge on any atom is 0.268 e. The van der Waals surface area contributed by atoms with E-state index in [1.807, 2.05) is 23.1 Å². The Labute approximate surface area is 172 Å². The van der Waals surface area contributed by atoms with Gasteiger partial charge >= 0.3 is 0 Å². The van der Waals surface area contributed by atoms with E-state index in [0.29, 0.717) is 0 Å². The van der Waals surface area contributed by atoms with Crippen molar-refractivity contribution in [3.8, 4) is 0 Å². The number of ether oxygens (including phenoxy) is 1. The predicted molar refractivity (Wildman–Crippen MR) is 107 cm³/mol. The topological polar surface area (TPSA) is 79.4 Å². The highest BCUT2D eigenvalue weighted by atomic mass is 19.3. The summed E-state index contributed by atoms with van der Waals surface area (Å²) < 4.78 is 31.6. The van der Waals surface area contributed by atoms with E-state index in [9.17, 15) is 13.6 Å². The van der Waals surface area contributed by atoms with Gasteiger partial charge in [0.05, 0.1) is 17.6 Å². The monoisotopic (exact) mass is 415 g/mol. The molecule has 1 aromatic carbocycles. The Balaban J connectivity index is 1.38. The fourth-order valence-electron chi connectivity index (χ4n) is 4.49. The minimum Gasteiger partial charge on any atom is -0.375 e. The number of hydrogen-bond donors (Lipinski definition) is 2. The number of amides is 1. The van der Waals surface area contributed by atoms with E-state index in [1.165, 1.54) is 13.3 Å². The lowest BCUT2D eigenvalue weighted by molar-refractivity contribution is -0.137. The molecule has 3 heterocycles. The summed E-state index contributed by atoms with van der Waals surface area (Å²) in [6.45, 7) is 0.0766. The van der Waals surface area contributed by atoms with E-state index in [1.54, 1.807) is 0 Å². The van der Waals surface area contributed by atoms with Crippen LogP contribution in [0.2, 0.25) is 0 Å². The molecule has 158 valence electrons. The van der Waals surface area contributed by atoms with E-state index < -0.39 is 6.43 Å². The third-order valence-corrected chi connectivity index (χ3v) is 5.97. The van der Waals surface area contributed by atoms with Gasteiger partial charge in [0, 0.05) is 25.0 Å². The van der Waals surface area contributed by atoms with Crippen molar-refractivity contribution in [3.63, 3.8) is 0 Å². The molecule has 2 aliphatic heterocycles. The van der Waals surface area contributed by atoms with Crippen molar-refractivity contribution >= 4 is 23.4 Å². The van der Waals surface area contributed by atoms with Crippen LogP contribution in [0.25, 0.3) is 0 Å². The standard InChI is InChI=1S/C21H23F2N5O2/c1-30-10-18(29)28-16-6-7-17(28)14-8-12(4-5-13(14)16)26-21-24-9-15(19(22)23)20(27-21)25-11-2-3-11/h4-5,8-9,11,16-17,19H,2-3,6-7,10H2,1H3,(H2,24,25,26,27)/t16-,17+/m1/s1. The van der Waals surface area contributed by atoms with Crippen molar-refractivity contribution in [1.82, 2.24) is 14.9 Å². The van der Waals surface area contributed by atoms with Gasteiger partial charge in [-0.2, -0.15) is 4.98 Å². The summed E-state index contributed by atoms with van der Waals surface area (Å²) in [6.07, 6.45) is 2.33. The second kappa shape index (κ2) is 7.46. The van der Waals surface area contributed by atoms with E-state index >= 15 is 0 Å². The molecule has 1 aromatic heterocycles. The van der Waals surface area contributed by atoms with Crippen LogP contribution in [-0.2, 0) is 9.53 Å². The lowest BCUT2D eigenvalue weighted by Gasteiger charge is -2.22. The number of benzene rings is 1. The number of nitrogens with zero attached hydrogens (tertiary/aromatic N) is 3. The van der Waals surface area contributed by atoms with E-state index in [4.69, 9.17) is 4.74 Å². The maximum absolute atomic E-state index is 13.3. The predicted octanol–water partition coefficient (Wildman–Crippen LogP) is 4.10. The van der Waals surface area contributed by atoms with E-state index in [2.05, 4.69) is 20.6 Å². The molecule has 5 rings (SSSR count). The van der Waals surface area contributed by atoms with Crippen LogP contribution in [0.1, 0.15) is 60.9 Å². The largest absolute Gasteiger partial charge is 0.375 e. The smallest absolute Gasteiger partial charge is 0.268 e. The first kappa shape index (κ1) is 19.2. The molecule has 2 N–H and O–H groups in total. The first-order valence-electron chi connectivity index (χ1n) is 10.2. The van der Waals surface area contributed by atoms with Gasteiger partial charge < -0.3 is 20.3 Å². The van der Waals surface area contributed by atoms with Gasteiger partial charge in [-0.3, -0.25) is 4.79 Å². The van der Waals surface area contributed by atoms with Crippen molar-refractivity contribution in [2.45, 2.75) is 50.2 Å². The zero-order chi connectivity index (χ0) is 20.8. The van der Waals surface area contributed by atoms with E-state index in [-0.39, 0.29) is 48.0 Å². The van der Waals surface area contributed by atoms with Crippen LogP contribution in [0.5, 0.6) is 0 Å². The molecule has 3 aliphatic rings. The van der Waals surface area contributed by atoms with Crippen molar-refractivity contribution in [3.05, 3.63) is 41.1 Å². The number of carbonyl (C=O) groups is 1. The Morgan fingerprint density at radius 2 is 2.00 bits per heavy atom. The number of fused-ring (bicyclic) bond motifs is 5. The van der Waals surface area contributed by atoms with Gasteiger partial charge in [0.15, 0.2) is 0 Å². The van der Waals surface area contributed by atoms with Gasteiger partial charge in [0.25, 0.3) is 6.43 Å². The highest BCUT2D eigenvalue weighted by Gasteiger charge is 2.46. The van der Waals surface area contributed by atoms with Crippen molar-refractivity contribution in [2.24, 2.45) is 0 Å². The van der Waals surface area contributed by atoms with Gasteiger partial charge in [0.1, 0.15) is 12.4 Å². The second-order valence-electron chi connectivity index (χ2n) is 8.03. The highest BCUT2D eigenvalue weighted by Crippen LogP contribution is 2.53. The van der Waals surface area contributed by atoms with Crippen molar-refractivity contribution in [2.75, 3.05) is 24.4 Å². The third kappa shape index (κ3) is 3.36. The molecule has 9 heteroatoms. The molecule has 2 bridgehead atoms. The first-order valence-corrected chi connectivity index (χ1v) is 10.2. The number of anilines is 3. The minimum absolute atomic E-state index is 0.00239. The number of aromatic nitrogens is 2. The number of carbonyl (C=O) groups excluding carboxylic acids is 1. The Morgan fingerprint density at radius 3 is 2.70 bits per heavy atom. The lowest BCUT2D eigenvalue weighted by Crippen LogP contribution is -2.30. The highest BCUT2D eigenvalue weighted by molar-refractivity contribution is 5.80. The quantitative estimate of drug-likeness (QED) is 0.709. The van der Waals surface area contributed by atoms with Crippen LogP contribution in [0.3, 0.4) is 0 Å². The molecule has 1 aliphatic carbocycles. The molecular weight excluding hydrogens is 392 g/mol. The second-order valence-corrected chi connectivity index (χ2v) is 8.03. The maximum atomic E-state index is 13.3. The Morgan fingerprint density at radius 1 is 1.23 bits per heavy atom. The molecule has 1 saturated heterocycles. The molecule has 2 aromatic rings. The first-order chi connectivity index (χ1) is 14.5. The summed E-state index contributed by atoms with van der Waals surface area (Å²) in [5.41, 5.74) is 2.85. The minimum atomic E-state index is -2.63. The lowest BCUT2D eigenvalue weighted by atomic mass is 9.91. The molecule has 2 atom stereocenters. The molecule has 0 spiro atoms. The van der Waals surface area contributed by atoms with Crippen LogP contribution in [0.4, 0.5) is 26.2 Å². The fourth-order valence-corrected chi connectivity index (χ4v) is 4.49. The summed E-state index contributed by atoms with van der Waals surface area (Å²) in [5.74, 6) is 0.442. The number of nitrogens with one attached hydrogen (secondary N) is 2. The van der Waals surface area contributed by atoms with Gasteiger partial charge in [-0.15, -0.1) is 0 Å². The number of methoxy groups -OCH3 is 1. The Bertz CT molecular complexity index is 982. The summed E-state index contributed by atoms with van der Waals surface area (Å²) in [4.78, 5) is 22.7. The molecule has 0 radical (unpaired) electrons. The normalized spacial score (nSPS) is 21.8. The Hall–Kier alpha value is -2.81. The van der Waals surface area contributed by atoms with Crippen LogP contribution < -0.4 is 10.6 Å². The van der Waals surface area contributed by atoms with Crippen molar-refractivity contribution < 1.29 is 18.3 Å². The fraction of sp³-hybridized carbons (Fsp3) is 0.476. The zero-order valence-corrected chi connectivity index (χ0v) is 16.6. The molecule has 1 saturated carbocycles.